The number of rotatable bonds is 5. The summed E-state index contributed by atoms with van der Waals surface area (Å²) in [6.45, 7) is 15.4. The number of nitrogens with one attached hydrogen (secondary N) is 1. The van der Waals surface area contributed by atoms with Crippen molar-refractivity contribution in [2.75, 3.05) is 37.5 Å². The van der Waals surface area contributed by atoms with Gasteiger partial charge in [-0.1, -0.05) is 34.6 Å². The maximum Gasteiger partial charge on any atom is 0.248 e. The summed E-state index contributed by atoms with van der Waals surface area (Å²) in [5, 5.41) is 3.38. The van der Waals surface area contributed by atoms with Crippen molar-refractivity contribution >= 4 is 28.9 Å². The molecular formula is C25H41F2N5S. The number of nitrogens with zero attached hydrogens (tertiary/aromatic N) is 4. The Bertz CT molecular complexity index is 892. The number of halogens is 2. The third kappa shape index (κ3) is 6.61. The molecule has 1 N–H and O–H groups in total. The zero-order valence-corrected chi connectivity index (χ0v) is 21.9. The topological polar surface area (TPSA) is 36.3 Å². The van der Waals surface area contributed by atoms with Crippen molar-refractivity contribution in [2.24, 2.45) is 5.92 Å². The Morgan fingerprint density at radius 2 is 1.79 bits per heavy atom. The van der Waals surface area contributed by atoms with Gasteiger partial charge in [-0.3, -0.25) is 0 Å². The molecule has 0 amide bonds. The van der Waals surface area contributed by atoms with Gasteiger partial charge in [0, 0.05) is 70.2 Å². The lowest BCUT2D eigenvalue weighted by Gasteiger charge is -2.30. The summed E-state index contributed by atoms with van der Waals surface area (Å²) in [6, 6.07) is 6.46. The van der Waals surface area contributed by atoms with E-state index in [1.807, 2.05) is 13.8 Å². The number of imidazole rings is 1. The largest absolute Gasteiger partial charge is 0.327 e. The molecule has 0 atom stereocenters. The quantitative estimate of drug-likeness (QED) is 0.523. The molecule has 1 saturated carbocycles. The summed E-state index contributed by atoms with van der Waals surface area (Å²) in [5.74, 6) is -1.17. The first kappa shape index (κ1) is 26.2. The summed E-state index contributed by atoms with van der Waals surface area (Å²) in [4.78, 5) is 5.02. The second-order valence-electron chi connectivity index (χ2n) is 10.0. The summed E-state index contributed by atoms with van der Waals surface area (Å²) >= 11 is 1.75. The van der Waals surface area contributed by atoms with Crippen LogP contribution >= 0.6 is 12.1 Å². The van der Waals surface area contributed by atoms with Gasteiger partial charge in [0.15, 0.2) is 0 Å². The van der Waals surface area contributed by atoms with Crippen molar-refractivity contribution in [1.82, 2.24) is 19.2 Å². The van der Waals surface area contributed by atoms with E-state index in [9.17, 15) is 8.78 Å². The van der Waals surface area contributed by atoms with Gasteiger partial charge in [0.2, 0.25) is 5.92 Å². The number of hydrogen-bond donors (Lipinski definition) is 1. The second-order valence-corrected chi connectivity index (χ2v) is 11.3. The minimum absolute atomic E-state index is 0.00728. The molecular weight excluding hydrogens is 440 g/mol. The Balaban J connectivity index is 0.00000149. The van der Waals surface area contributed by atoms with E-state index in [2.05, 4.69) is 64.5 Å². The van der Waals surface area contributed by atoms with Gasteiger partial charge in [0.1, 0.15) is 5.82 Å². The van der Waals surface area contributed by atoms with Crippen LogP contribution in [0.25, 0.3) is 11.0 Å². The minimum atomic E-state index is -2.48. The lowest BCUT2D eigenvalue weighted by Crippen LogP contribution is -2.41. The summed E-state index contributed by atoms with van der Waals surface area (Å²) < 4.78 is 34.1. The summed E-state index contributed by atoms with van der Waals surface area (Å²) in [6.07, 6.45) is 1.18. The van der Waals surface area contributed by atoms with Gasteiger partial charge < -0.3 is 14.2 Å². The third-order valence-electron chi connectivity index (χ3n) is 6.36. The van der Waals surface area contributed by atoms with E-state index in [-0.39, 0.29) is 24.2 Å². The lowest BCUT2D eigenvalue weighted by molar-refractivity contribution is -0.0473. The van der Waals surface area contributed by atoms with E-state index < -0.39 is 5.92 Å². The third-order valence-corrected chi connectivity index (χ3v) is 7.41. The molecule has 0 unspecified atom stereocenters. The molecule has 0 spiro atoms. The van der Waals surface area contributed by atoms with E-state index in [1.54, 1.807) is 12.1 Å². The van der Waals surface area contributed by atoms with Crippen LogP contribution in [0.1, 0.15) is 66.1 Å². The van der Waals surface area contributed by atoms with Crippen LogP contribution in [0.3, 0.4) is 0 Å². The van der Waals surface area contributed by atoms with Crippen LogP contribution in [0, 0.1) is 5.92 Å². The molecule has 2 fully saturated rings. The van der Waals surface area contributed by atoms with E-state index in [0.29, 0.717) is 12.8 Å². The molecule has 2 heterocycles. The SMILES string of the molecule is CC.CN(SN1CCNCC1)c1ccc2c(c1)nc(C(C)(C)C)n2CC1CCC(F)(F)CC1. The van der Waals surface area contributed by atoms with Crippen LogP contribution in [-0.2, 0) is 12.0 Å². The smallest absolute Gasteiger partial charge is 0.248 e. The van der Waals surface area contributed by atoms with Crippen molar-refractivity contribution in [1.29, 1.82) is 0 Å². The first-order valence-electron chi connectivity index (χ1n) is 12.4. The van der Waals surface area contributed by atoms with Crippen LogP contribution < -0.4 is 9.62 Å². The van der Waals surface area contributed by atoms with Crippen molar-refractivity contribution < 1.29 is 8.78 Å². The van der Waals surface area contributed by atoms with Gasteiger partial charge in [-0.15, -0.1) is 0 Å². The molecule has 1 aromatic carbocycles. The highest BCUT2D eigenvalue weighted by Gasteiger charge is 2.35. The number of benzene rings is 1. The van der Waals surface area contributed by atoms with Crippen LogP contribution in [0.15, 0.2) is 18.2 Å². The van der Waals surface area contributed by atoms with Gasteiger partial charge in [-0.25, -0.2) is 18.1 Å². The molecule has 5 nitrogen and oxygen atoms in total. The molecule has 1 aliphatic carbocycles. The molecule has 33 heavy (non-hydrogen) atoms. The molecule has 0 radical (unpaired) electrons. The highest BCUT2D eigenvalue weighted by Crippen LogP contribution is 2.38. The molecule has 4 rings (SSSR count). The summed E-state index contributed by atoms with van der Waals surface area (Å²) in [5.41, 5.74) is 3.10. The van der Waals surface area contributed by atoms with Crippen molar-refractivity contribution in [2.45, 2.75) is 78.2 Å². The normalized spacial score (nSPS) is 19.9. The number of alkyl halides is 2. The monoisotopic (exact) mass is 481 g/mol. The zero-order chi connectivity index (χ0) is 24.2. The standard InChI is InChI=1S/C23H35F2N5S.C2H6/c1-22(2,3)21-27-19-15-18(28(4)31-29-13-11-26-12-14-29)5-6-20(19)30(21)16-17-7-9-23(24,25)10-8-17;1-2/h5-6,15,17,26H,7-14,16H2,1-4H3;1-2H3. The van der Waals surface area contributed by atoms with Crippen molar-refractivity contribution in [3.8, 4) is 0 Å². The van der Waals surface area contributed by atoms with E-state index in [1.165, 1.54) is 0 Å². The van der Waals surface area contributed by atoms with Crippen LogP contribution in [0.2, 0.25) is 0 Å². The first-order chi connectivity index (χ1) is 15.6. The molecule has 8 heteroatoms. The maximum atomic E-state index is 13.6. The van der Waals surface area contributed by atoms with Gasteiger partial charge in [0.25, 0.3) is 0 Å². The van der Waals surface area contributed by atoms with Crippen LogP contribution in [0.4, 0.5) is 14.5 Å². The molecule has 1 saturated heterocycles. The Morgan fingerprint density at radius 3 is 2.39 bits per heavy atom. The van der Waals surface area contributed by atoms with Crippen molar-refractivity contribution in [3.63, 3.8) is 0 Å². The number of aromatic nitrogens is 2. The van der Waals surface area contributed by atoms with Crippen LogP contribution in [-0.4, -0.2) is 53.0 Å². The van der Waals surface area contributed by atoms with Gasteiger partial charge in [-0.2, -0.15) is 0 Å². The lowest BCUT2D eigenvalue weighted by atomic mass is 9.86. The highest BCUT2D eigenvalue weighted by molar-refractivity contribution is 7.98. The van der Waals surface area contributed by atoms with Crippen molar-refractivity contribution in [3.05, 3.63) is 24.0 Å². The predicted molar refractivity (Wildman–Crippen MR) is 137 cm³/mol. The molecule has 2 aliphatic rings. The van der Waals surface area contributed by atoms with E-state index >= 15 is 0 Å². The van der Waals surface area contributed by atoms with Crippen LogP contribution in [0.5, 0.6) is 0 Å². The van der Waals surface area contributed by atoms with E-state index in [0.717, 1.165) is 55.3 Å². The van der Waals surface area contributed by atoms with Gasteiger partial charge in [0.05, 0.1) is 16.7 Å². The minimum Gasteiger partial charge on any atom is -0.327 e. The molecule has 2 aromatic rings. The average molecular weight is 482 g/mol. The Morgan fingerprint density at radius 1 is 1.15 bits per heavy atom. The molecule has 1 aliphatic heterocycles. The van der Waals surface area contributed by atoms with E-state index in [4.69, 9.17) is 4.98 Å². The molecule has 0 bridgehead atoms. The fraction of sp³-hybridized carbons (Fsp3) is 0.720. The molecule has 1 aromatic heterocycles. The number of hydrogen-bond acceptors (Lipinski definition) is 5. The Labute approximate surface area is 202 Å². The number of fused-ring (bicyclic) bond motifs is 1. The Kier molecular flexibility index (Phi) is 8.67. The number of piperazine rings is 1. The predicted octanol–water partition coefficient (Wildman–Crippen LogP) is 6.09. The average Bonchev–Trinajstić information content (AvgIpc) is 3.15. The zero-order valence-electron chi connectivity index (χ0n) is 21.1. The Hall–Kier alpha value is -1.38. The fourth-order valence-corrected chi connectivity index (χ4v) is 5.46. The van der Waals surface area contributed by atoms with Gasteiger partial charge >= 0.3 is 0 Å². The first-order valence-corrected chi connectivity index (χ1v) is 13.1. The van der Waals surface area contributed by atoms with Gasteiger partial charge in [-0.05, 0) is 37.0 Å². The second kappa shape index (κ2) is 10.9. The fourth-order valence-electron chi connectivity index (χ4n) is 4.56. The maximum absolute atomic E-state index is 13.6. The summed E-state index contributed by atoms with van der Waals surface area (Å²) in [7, 11) is 2.09. The number of anilines is 1. The molecule has 186 valence electrons. The highest BCUT2D eigenvalue weighted by atomic mass is 32.2.